The van der Waals surface area contributed by atoms with Crippen LogP contribution in [0.4, 0.5) is 5.69 Å². The molecule has 72 valence electrons. The first kappa shape index (κ1) is 9.54. The molecule has 2 aromatic heterocycles. The van der Waals surface area contributed by atoms with Crippen LogP contribution in [0.5, 0.6) is 0 Å². The average Bonchev–Trinajstić information content (AvgIpc) is 2.70. The maximum atomic E-state index is 4.10. The number of hydrogen-bond donors (Lipinski definition) is 1. The summed E-state index contributed by atoms with van der Waals surface area (Å²) in [6.45, 7) is 0.680. The number of rotatable bonds is 3. The number of halogens is 1. The second kappa shape index (κ2) is 4.47. The lowest BCUT2D eigenvalue weighted by atomic mass is 10.4. The second-order valence-corrected chi connectivity index (χ2v) is 4.04. The molecule has 2 aromatic rings. The molecule has 14 heavy (non-hydrogen) atoms. The van der Waals surface area contributed by atoms with E-state index in [0.29, 0.717) is 6.54 Å². The van der Waals surface area contributed by atoms with Gasteiger partial charge in [-0.15, -0.1) is 5.10 Å². The molecule has 0 bridgehead atoms. The molecule has 2 heterocycles. The molecule has 0 aliphatic heterocycles. The Balaban J connectivity index is 1.95. The first-order valence-electron chi connectivity index (χ1n) is 3.96. The van der Waals surface area contributed by atoms with Gasteiger partial charge < -0.3 is 5.32 Å². The minimum atomic E-state index is 0.680. The van der Waals surface area contributed by atoms with Crippen LogP contribution in [0.3, 0.4) is 0 Å². The van der Waals surface area contributed by atoms with E-state index < -0.39 is 0 Å². The van der Waals surface area contributed by atoms with Crippen molar-refractivity contribution in [3.8, 4) is 0 Å². The Bertz CT molecular complexity index is 386. The van der Waals surface area contributed by atoms with E-state index in [1.807, 2.05) is 17.5 Å². The average molecular weight is 271 g/mol. The van der Waals surface area contributed by atoms with Crippen LogP contribution in [-0.2, 0) is 6.54 Å². The molecular weight excluding hydrogens is 264 g/mol. The highest BCUT2D eigenvalue weighted by atomic mass is 79.9. The van der Waals surface area contributed by atoms with E-state index in [0.717, 1.165) is 16.0 Å². The summed E-state index contributed by atoms with van der Waals surface area (Å²) in [7, 11) is 0. The van der Waals surface area contributed by atoms with Crippen LogP contribution in [0.2, 0.25) is 0 Å². The van der Waals surface area contributed by atoms with Crippen LogP contribution >= 0.6 is 27.5 Å². The van der Waals surface area contributed by atoms with Gasteiger partial charge in [-0.25, -0.2) is 4.98 Å². The SMILES string of the molecule is Brc1ccc(NCc2csnn2)cn1. The van der Waals surface area contributed by atoms with Gasteiger partial charge in [0, 0.05) is 5.38 Å². The predicted molar refractivity (Wildman–Crippen MR) is 59.2 cm³/mol. The van der Waals surface area contributed by atoms with E-state index in [2.05, 4.69) is 35.8 Å². The van der Waals surface area contributed by atoms with Crippen molar-refractivity contribution in [1.29, 1.82) is 0 Å². The van der Waals surface area contributed by atoms with Crippen LogP contribution in [0.15, 0.2) is 28.3 Å². The fraction of sp³-hybridized carbons (Fsp3) is 0.125. The number of pyridine rings is 1. The molecule has 6 heteroatoms. The molecule has 4 nitrogen and oxygen atoms in total. The highest BCUT2D eigenvalue weighted by Gasteiger charge is 1.96. The quantitative estimate of drug-likeness (QED) is 0.870. The number of anilines is 1. The maximum absolute atomic E-state index is 4.10. The van der Waals surface area contributed by atoms with Crippen LogP contribution in [0.1, 0.15) is 5.69 Å². The van der Waals surface area contributed by atoms with E-state index >= 15 is 0 Å². The van der Waals surface area contributed by atoms with Crippen molar-refractivity contribution in [3.05, 3.63) is 34.0 Å². The zero-order chi connectivity index (χ0) is 9.80. The Morgan fingerprint density at radius 2 is 2.36 bits per heavy atom. The topological polar surface area (TPSA) is 50.7 Å². The molecule has 0 saturated heterocycles. The minimum Gasteiger partial charge on any atom is -0.378 e. The summed E-state index contributed by atoms with van der Waals surface area (Å²) >= 11 is 4.63. The Hall–Kier alpha value is -1.01. The van der Waals surface area contributed by atoms with Gasteiger partial charge in [0.2, 0.25) is 0 Å². The van der Waals surface area contributed by atoms with Gasteiger partial charge in [0.25, 0.3) is 0 Å². The van der Waals surface area contributed by atoms with Gasteiger partial charge in [0.1, 0.15) is 4.60 Å². The molecule has 0 atom stereocenters. The van der Waals surface area contributed by atoms with E-state index in [9.17, 15) is 0 Å². The fourth-order valence-corrected chi connectivity index (χ4v) is 1.62. The second-order valence-electron chi connectivity index (χ2n) is 2.62. The summed E-state index contributed by atoms with van der Waals surface area (Å²) in [5.41, 5.74) is 1.92. The van der Waals surface area contributed by atoms with E-state index in [-0.39, 0.29) is 0 Å². The highest BCUT2D eigenvalue weighted by Crippen LogP contribution is 2.11. The van der Waals surface area contributed by atoms with Crippen LogP contribution in [-0.4, -0.2) is 14.6 Å². The lowest BCUT2D eigenvalue weighted by Gasteiger charge is -2.02. The maximum Gasteiger partial charge on any atom is 0.106 e. The van der Waals surface area contributed by atoms with E-state index in [4.69, 9.17) is 0 Å². The molecule has 2 rings (SSSR count). The first-order valence-corrected chi connectivity index (χ1v) is 5.59. The monoisotopic (exact) mass is 270 g/mol. The molecule has 0 saturated carbocycles. The number of nitrogens with one attached hydrogen (secondary N) is 1. The number of aromatic nitrogens is 3. The standard InChI is InChI=1S/C8H7BrN4S/c9-8-2-1-6(3-11-8)10-4-7-5-14-13-12-7/h1-3,5,10H,4H2. The molecule has 0 amide bonds. The summed E-state index contributed by atoms with van der Waals surface area (Å²) in [4.78, 5) is 4.10. The molecule has 0 spiro atoms. The van der Waals surface area contributed by atoms with Crippen molar-refractivity contribution in [2.75, 3.05) is 5.32 Å². The Morgan fingerprint density at radius 3 is 3.00 bits per heavy atom. The molecule has 0 aliphatic carbocycles. The third-order valence-corrected chi connectivity index (χ3v) is 2.63. The van der Waals surface area contributed by atoms with Gasteiger partial charge in [-0.3, -0.25) is 0 Å². The molecule has 0 radical (unpaired) electrons. The fourth-order valence-electron chi connectivity index (χ4n) is 0.934. The third-order valence-electron chi connectivity index (χ3n) is 1.61. The molecule has 0 fully saturated rings. The summed E-state index contributed by atoms with van der Waals surface area (Å²) in [5, 5.41) is 9.04. The van der Waals surface area contributed by atoms with Crippen molar-refractivity contribution in [1.82, 2.24) is 14.6 Å². The Kier molecular flexibility index (Phi) is 3.05. The van der Waals surface area contributed by atoms with Crippen molar-refractivity contribution in [2.45, 2.75) is 6.54 Å². The smallest absolute Gasteiger partial charge is 0.106 e. The Labute approximate surface area is 93.7 Å². The molecular formula is C8H7BrN4S. The predicted octanol–water partition coefficient (Wildman–Crippen LogP) is 2.31. The van der Waals surface area contributed by atoms with Crippen molar-refractivity contribution >= 4 is 33.1 Å². The Morgan fingerprint density at radius 1 is 1.43 bits per heavy atom. The lowest BCUT2D eigenvalue weighted by Crippen LogP contribution is -1.99. The van der Waals surface area contributed by atoms with Gasteiger partial charge in [0.15, 0.2) is 0 Å². The zero-order valence-corrected chi connectivity index (χ0v) is 9.55. The van der Waals surface area contributed by atoms with Crippen LogP contribution in [0.25, 0.3) is 0 Å². The lowest BCUT2D eigenvalue weighted by molar-refractivity contribution is 0.996. The van der Waals surface area contributed by atoms with Gasteiger partial charge in [0.05, 0.1) is 24.1 Å². The summed E-state index contributed by atoms with van der Waals surface area (Å²) in [6, 6.07) is 3.85. The molecule has 0 aromatic carbocycles. The van der Waals surface area contributed by atoms with Crippen molar-refractivity contribution in [2.24, 2.45) is 0 Å². The molecule has 0 aliphatic rings. The highest BCUT2D eigenvalue weighted by molar-refractivity contribution is 9.10. The first-order chi connectivity index (χ1) is 6.84. The van der Waals surface area contributed by atoms with Crippen molar-refractivity contribution in [3.63, 3.8) is 0 Å². The molecule has 0 unspecified atom stereocenters. The normalized spacial score (nSPS) is 10.1. The van der Waals surface area contributed by atoms with Gasteiger partial charge in [-0.05, 0) is 39.6 Å². The summed E-state index contributed by atoms with van der Waals surface area (Å²) < 4.78 is 4.61. The van der Waals surface area contributed by atoms with Gasteiger partial charge in [-0.1, -0.05) is 4.49 Å². The largest absolute Gasteiger partial charge is 0.378 e. The third kappa shape index (κ3) is 2.49. The summed E-state index contributed by atoms with van der Waals surface area (Å²) in [5.74, 6) is 0. The van der Waals surface area contributed by atoms with Crippen LogP contribution in [0, 0.1) is 0 Å². The minimum absolute atomic E-state index is 0.680. The molecule has 1 N–H and O–H groups in total. The number of nitrogens with zero attached hydrogens (tertiary/aromatic N) is 3. The zero-order valence-electron chi connectivity index (χ0n) is 7.14. The van der Waals surface area contributed by atoms with Crippen LogP contribution < -0.4 is 5.32 Å². The van der Waals surface area contributed by atoms with Crippen molar-refractivity contribution < 1.29 is 0 Å². The number of hydrogen-bond acceptors (Lipinski definition) is 5. The van der Waals surface area contributed by atoms with E-state index in [1.165, 1.54) is 11.5 Å². The van der Waals surface area contributed by atoms with Gasteiger partial charge in [-0.2, -0.15) is 0 Å². The summed E-state index contributed by atoms with van der Waals surface area (Å²) in [6.07, 6.45) is 1.77. The van der Waals surface area contributed by atoms with E-state index in [1.54, 1.807) is 6.20 Å². The van der Waals surface area contributed by atoms with Gasteiger partial charge >= 0.3 is 0 Å².